The van der Waals surface area contributed by atoms with Gasteiger partial charge in [0.15, 0.2) is 0 Å². The number of nitriles is 1. The summed E-state index contributed by atoms with van der Waals surface area (Å²) < 4.78 is 5.89. The van der Waals surface area contributed by atoms with Crippen molar-refractivity contribution in [1.29, 1.82) is 5.26 Å². The number of rotatable bonds is 7. The van der Waals surface area contributed by atoms with Crippen LogP contribution in [0.3, 0.4) is 0 Å². The van der Waals surface area contributed by atoms with E-state index in [1.807, 2.05) is 11.0 Å². The summed E-state index contributed by atoms with van der Waals surface area (Å²) in [4.78, 5) is 21.2. The van der Waals surface area contributed by atoms with Gasteiger partial charge in [-0.3, -0.25) is 4.79 Å². The van der Waals surface area contributed by atoms with Crippen molar-refractivity contribution in [2.75, 3.05) is 50.8 Å². The smallest absolute Gasteiger partial charge is 0.223 e. The Labute approximate surface area is 167 Å². The highest BCUT2D eigenvalue weighted by Crippen LogP contribution is 2.23. The molecule has 0 aromatic carbocycles. The van der Waals surface area contributed by atoms with Crippen LogP contribution in [0.15, 0.2) is 18.3 Å². The van der Waals surface area contributed by atoms with Crippen molar-refractivity contribution in [3.8, 4) is 6.07 Å². The highest BCUT2D eigenvalue weighted by atomic mass is 16.5. The molecule has 0 unspecified atom stereocenters. The molecule has 1 N–H and O–H groups in total. The van der Waals surface area contributed by atoms with Crippen LogP contribution in [-0.2, 0) is 9.53 Å². The van der Waals surface area contributed by atoms with Crippen molar-refractivity contribution >= 4 is 11.7 Å². The zero-order valence-corrected chi connectivity index (χ0v) is 17.0. The quantitative estimate of drug-likeness (QED) is 0.771. The molecule has 2 aliphatic rings. The van der Waals surface area contributed by atoms with E-state index in [2.05, 4.69) is 35.1 Å². The van der Waals surface area contributed by atoms with Gasteiger partial charge in [-0.05, 0) is 36.9 Å². The Morgan fingerprint density at radius 3 is 2.75 bits per heavy atom. The maximum atomic E-state index is 12.7. The van der Waals surface area contributed by atoms with E-state index >= 15 is 0 Å². The Balaban J connectivity index is 1.41. The van der Waals surface area contributed by atoms with Gasteiger partial charge in [-0.2, -0.15) is 5.26 Å². The number of pyridine rings is 1. The first-order chi connectivity index (χ1) is 13.5. The Morgan fingerprint density at radius 2 is 2.14 bits per heavy atom. The minimum atomic E-state index is -0.165. The number of carbonyl (C=O) groups excluding carboxylic acids is 1. The molecule has 0 spiro atoms. The molecule has 7 nitrogen and oxygen atoms in total. The molecule has 0 aliphatic carbocycles. The molecular formula is C21H31N5O2. The van der Waals surface area contributed by atoms with Crippen molar-refractivity contribution in [1.82, 2.24) is 15.2 Å². The van der Waals surface area contributed by atoms with Gasteiger partial charge in [0.2, 0.25) is 5.91 Å². The van der Waals surface area contributed by atoms with Crippen LogP contribution in [0.2, 0.25) is 0 Å². The van der Waals surface area contributed by atoms with Crippen LogP contribution in [0.25, 0.3) is 0 Å². The standard InChI is InChI=1S/C21H31N5O2/c1-21(2,16-28-15-18-4-3-7-23-18)12-20(27)26-10-8-25(9-11-26)19-6-5-17(13-22)14-24-19/h5-6,14,18,23H,3-4,7-12,15-16H2,1-2H3/t18-/m0/s1. The number of anilines is 1. The van der Waals surface area contributed by atoms with Crippen LogP contribution in [0.1, 0.15) is 38.7 Å². The van der Waals surface area contributed by atoms with Crippen LogP contribution < -0.4 is 10.2 Å². The van der Waals surface area contributed by atoms with Gasteiger partial charge in [-0.1, -0.05) is 13.8 Å². The molecule has 0 bridgehead atoms. The van der Waals surface area contributed by atoms with Crippen LogP contribution in [0, 0.1) is 16.7 Å². The summed E-state index contributed by atoms with van der Waals surface area (Å²) in [5.41, 5.74) is 0.396. The maximum absolute atomic E-state index is 12.7. The van der Waals surface area contributed by atoms with Crippen molar-refractivity contribution < 1.29 is 9.53 Å². The maximum Gasteiger partial charge on any atom is 0.223 e. The summed E-state index contributed by atoms with van der Waals surface area (Å²) >= 11 is 0. The second kappa shape index (κ2) is 9.35. The number of aromatic nitrogens is 1. The number of nitrogens with zero attached hydrogens (tertiary/aromatic N) is 4. The zero-order chi connectivity index (χ0) is 20.0. The molecule has 2 fully saturated rings. The molecule has 1 aromatic rings. The molecule has 7 heteroatoms. The van der Waals surface area contributed by atoms with E-state index in [0.29, 0.717) is 37.7 Å². The van der Waals surface area contributed by atoms with Gasteiger partial charge >= 0.3 is 0 Å². The van der Waals surface area contributed by atoms with Gasteiger partial charge in [-0.15, -0.1) is 0 Å². The number of hydrogen-bond acceptors (Lipinski definition) is 6. The number of nitrogens with one attached hydrogen (secondary N) is 1. The molecule has 28 heavy (non-hydrogen) atoms. The van der Waals surface area contributed by atoms with Crippen LogP contribution in [0.4, 0.5) is 5.82 Å². The third kappa shape index (κ3) is 5.66. The lowest BCUT2D eigenvalue weighted by Crippen LogP contribution is -2.50. The highest BCUT2D eigenvalue weighted by Gasteiger charge is 2.28. The average molecular weight is 386 g/mol. The van der Waals surface area contributed by atoms with E-state index < -0.39 is 0 Å². The van der Waals surface area contributed by atoms with Gasteiger partial charge in [-0.25, -0.2) is 4.98 Å². The van der Waals surface area contributed by atoms with E-state index in [0.717, 1.165) is 32.1 Å². The van der Waals surface area contributed by atoms with E-state index in [1.54, 1.807) is 12.3 Å². The SMILES string of the molecule is CC(C)(COC[C@@H]1CCCN1)CC(=O)N1CCN(c2ccc(C#N)cn2)CC1. The Bertz CT molecular complexity index is 684. The molecule has 152 valence electrons. The second-order valence-electron chi connectivity index (χ2n) is 8.53. The largest absolute Gasteiger partial charge is 0.379 e. The third-order valence-electron chi connectivity index (χ3n) is 5.44. The number of hydrogen-bond donors (Lipinski definition) is 1. The van der Waals surface area contributed by atoms with Crippen LogP contribution in [-0.4, -0.2) is 67.8 Å². The van der Waals surface area contributed by atoms with Gasteiger partial charge in [0, 0.05) is 44.8 Å². The lowest BCUT2D eigenvalue weighted by molar-refractivity contribution is -0.134. The first kappa shape index (κ1) is 20.6. The lowest BCUT2D eigenvalue weighted by atomic mass is 9.89. The Hall–Kier alpha value is -2.17. The predicted molar refractivity (Wildman–Crippen MR) is 108 cm³/mol. The molecule has 1 atom stereocenters. The summed E-state index contributed by atoms with van der Waals surface area (Å²) in [6.45, 7) is 9.53. The molecule has 1 aromatic heterocycles. The number of amides is 1. The highest BCUT2D eigenvalue weighted by molar-refractivity contribution is 5.77. The van der Waals surface area contributed by atoms with Crippen molar-refractivity contribution in [3.63, 3.8) is 0 Å². The van der Waals surface area contributed by atoms with Gasteiger partial charge in [0.1, 0.15) is 11.9 Å². The Kier molecular flexibility index (Phi) is 6.87. The summed E-state index contributed by atoms with van der Waals surface area (Å²) in [5.74, 6) is 1.06. The fourth-order valence-electron chi connectivity index (χ4n) is 3.77. The molecule has 2 saturated heterocycles. The summed E-state index contributed by atoms with van der Waals surface area (Å²) in [5, 5.41) is 12.3. The molecule has 2 aliphatic heterocycles. The first-order valence-corrected chi connectivity index (χ1v) is 10.2. The monoisotopic (exact) mass is 385 g/mol. The van der Waals surface area contributed by atoms with Gasteiger partial charge in [0.05, 0.1) is 18.8 Å². The van der Waals surface area contributed by atoms with Gasteiger partial charge in [0.25, 0.3) is 0 Å². The van der Waals surface area contributed by atoms with Crippen molar-refractivity contribution in [2.24, 2.45) is 5.41 Å². The topological polar surface area (TPSA) is 81.5 Å². The summed E-state index contributed by atoms with van der Waals surface area (Å²) in [6, 6.07) is 6.20. The fourth-order valence-corrected chi connectivity index (χ4v) is 3.77. The van der Waals surface area contributed by atoms with Crippen molar-refractivity contribution in [3.05, 3.63) is 23.9 Å². The molecule has 0 saturated carbocycles. The fraction of sp³-hybridized carbons (Fsp3) is 0.667. The van der Waals surface area contributed by atoms with E-state index in [4.69, 9.17) is 10.00 Å². The number of piperazine rings is 1. The van der Waals surface area contributed by atoms with Gasteiger partial charge < -0.3 is 19.9 Å². The number of ether oxygens (including phenoxy) is 1. The zero-order valence-electron chi connectivity index (χ0n) is 17.0. The minimum absolute atomic E-state index is 0.165. The number of carbonyl (C=O) groups is 1. The summed E-state index contributed by atoms with van der Waals surface area (Å²) in [6.07, 6.45) is 4.49. The first-order valence-electron chi connectivity index (χ1n) is 10.2. The van der Waals surface area contributed by atoms with E-state index in [-0.39, 0.29) is 11.3 Å². The molecular weight excluding hydrogens is 354 g/mol. The normalized spacial score (nSPS) is 20.2. The molecule has 3 rings (SSSR count). The second-order valence-corrected chi connectivity index (χ2v) is 8.53. The van der Waals surface area contributed by atoms with Crippen molar-refractivity contribution in [2.45, 2.75) is 39.2 Å². The predicted octanol–water partition coefficient (Wildman–Crippen LogP) is 1.79. The Morgan fingerprint density at radius 1 is 1.36 bits per heavy atom. The van der Waals surface area contributed by atoms with Crippen LogP contribution in [0.5, 0.6) is 0 Å². The average Bonchev–Trinajstić information content (AvgIpc) is 3.21. The third-order valence-corrected chi connectivity index (χ3v) is 5.44. The van der Waals surface area contributed by atoms with E-state index in [9.17, 15) is 4.79 Å². The minimum Gasteiger partial charge on any atom is -0.379 e. The van der Waals surface area contributed by atoms with Crippen LogP contribution >= 0.6 is 0 Å². The summed E-state index contributed by atoms with van der Waals surface area (Å²) in [7, 11) is 0. The molecule has 0 radical (unpaired) electrons. The molecule has 3 heterocycles. The van der Waals surface area contributed by atoms with E-state index in [1.165, 1.54) is 12.8 Å². The molecule has 1 amide bonds. The lowest BCUT2D eigenvalue weighted by Gasteiger charge is -2.37.